The lowest BCUT2D eigenvalue weighted by atomic mass is 10.2. The van der Waals surface area contributed by atoms with E-state index in [9.17, 15) is 13.2 Å². The standard InChI is InChI=1S/C18H29N3O5S/c1-5-14(2)19-18(22)13-20-8-10-21(11-9-20)27(23,24)17-12-15(25-3)6-7-16(17)26-4/h6-7,12,14H,5,8-11,13H2,1-4H3,(H,19,22)/t14-/m1/s1. The number of piperazine rings is 1. The molecule has 0 aliphatic carbocycles. The summed E-state index contributed by atoms with van der Waals surface area (Å²) in [6.45, 7) is 5.89. The van der Waals surface area contributed by atoms with Crippen molar-refractivity contribution < 1.29 is 22.7 Å². The highest BCUT2D eigenvalue weighted by molar-refractivity contribution is 7.89. The van der Waals surface area contributed by atoms with Crippen molar-refractivity contribution in [1.82, 2.24) is 14.5 Å². The van der Waals surface area contributed by atoms with Gasteiger partial charge in [0.25, 0.3) is 0 Å². The first-order valence-corrected chi connectivity index (χ1v) is 10.5. The lowest BCUT2D eigenvalue weighted by Crippen LogP contribution is -2.51. The zero-order valence-electron chi connectivity index (χ0n) is 16.4. The molecule has 0 saturated carbocycles. The summed E-state index contributed by atoms with van der Waals surface area (Å²) in [7, 11) is -0.784. The van der Waals surface area contributed by atoms with Crippen molar-refractivity contribution in [1.29, 1.82) is 0 Å². The number of amides is 1. The van der Waals surface area contributed by atoms with Crippen molar-refractivity contribution in [3.05, 3.63) is 18.2 Å². The second-order valence-electron chi connectivity index (χ2n) is 6.57. The van der Waals surface area contributed by atoms with Crippen LogP contribution in [0.2, 0.25) is 0 Å². The highest BCUT2D eigenvalue weighted by Gasteiger charge is 2.31. The van der Waals surface area contributed by atoms with E-state index in [1.54, 1.807) is 12.1 Å². The number of sulfonamides is 1. The van der Waals surface area contributed by atoms with E-state index >= 15 is 0 Å². The Bertz CT molecular complexity index is 745. The molecule has 1 aromatic rings. The molecule has 1 amide bonds. The van der Waals surface area contributed by atoms with Gasteiger partial charge in [0.15, 0.2) is 0 Å². The molecule has 1 aliphatic rings. The van der Waals surface area contributed by atoms with Gasteiger partial charge >= 0.3 is 0 Å². The van der Waals surface area contributed by atoms with Crippen LogP contribution in [0.15, 0.2) is 23.1 Å². The molecule has 27 heavy (non-hydrogen) atoms. The Labute approximate surface area is 161 Å². The summed E-state index contributed by atoms with van der Waals surface area (Å²) in [5.74, 6) is 0.705. The number of rotatable bonds is 8. The van der Waals surface area contributed by atoms with E-state index in [-0.39, 0.29) is 29.1 Å². The molecule has 0 bridgehead atoms. The number of nitrogens with zero attached hydrogens (tertiary/aromatic N) is 2. The Morgan fingerprint density at radius 2 is 1.85 bits per heavy atom. The van der Waals surface area contributed by atoms with Crippen LogP contribution >= 0.6 is 0 Å². The zero-order valence-corrected chi connectivity index (χ0v) is 17.2. The highest BCUT2D eigenvalue weighted by atomic mass is 32.2. The van der Waals surface area contributed by atoms with Crippen LogP contribution in [0.3, 0.4) is 0 Å². The third kappa shape index (κ3) is 5.33. The van der Waals surface area contributed by atoms with Crippen LogP contribution in [0.4, 0.5) is 0 Å². The Balaban J connectivity index is 2.04. The molecule has 1 fully saturated rings. The minimum Gasteiger partial charge on any atom is -0.497 e. The van der Waals surface area contributed by atoms with Crippen molar-refractivity contribution in [3.8, 4) is 11.5 Å². The minimum atomic E-state index is -3.71. The van der Waals surface area contributed by atoms with Gasteiger partial charge in [0.1, 0.15) is 16.4 Å². The average Bonchev–Trinajstić information content (AvgIpc) is 2.67. The molecule has 1 heterocycles. The van der Waals surface area contributed by atoms with Crippen LogP contribution in [-0.4, -0.2) is 76.5 Å². The van der Waals surface area contributed by atoms with Gasteiger partial charge < -0.3 is 14.8 Å². The second kappa shape index (κ2) is 9.38. The Hall–Kier alpha value is -1.84. The maximum atomic E-state index is 13.0. The van der Waals surface area contributed by atoms with E-state index in [0.29, 0.717) is 31.9 Å². The largest absolute Gasteiger partial charge is 0.497 e. The number of carbonyl (C=O) groups is 1. The van der Waals surface area contributed by atoms with Gasteiger partial charge in [-0.2, -0.15) is 4.31 Å². The molecule has 0 aromatic heterocycles. The summed E-state index contributed by atoms with van der Waals surface area (Å²) in [5.41, 5.74) is 0. The molecule has 0 radical (unpaired) electrons. The van der Waals surface area contributed by atoms with Gasteiger partial charge in [-0.05, 0) is 25.5 Å². The molecule has 152 valence electrons. The van der Waals surface area contributed by atoms with Gasteiger partial charge in [0, 0.05) is 38.3 Å². The highest BCUT2D eigenvalue weighted by Crippen LogP contribution is 2.31. The monoisotopic (exact) mass is 399 g/mol. The molecule has 1 saturated heterocycles. The van der Waals surface area contributed by atoms with Crippen molar-refractivity contribution in [2.24, 2.45) is 0 Å². The van der Waals surface area contributed by atoms with Gasteiger partial charge in [0.2, 0.25) is 15.9 Å². The lowest BCUT2D eigenvalue weighted by molar-refractivity contribution is -0.123. The SMILES string of the molecule is CC[C@@H](C)NC(=O)CN1CCN(S(=O)(=O)c2cc(OC)ccc2OC)CC1. The van der Waals surface area contributed by atoms with Crippen LogP contribution < -0.4 is 14.8 Å². The Morgan fingerprint density at radius 3 is 2.41 bits per heavy atom. The average molecular weight is 400 g/mol. The van der Waals surface area contributed by atoms with Gasteiger partial charge in [-0.3, -0.25) is 9.69 Å². The summed E-state index contributed by atoms with van der Waals surface area (Å²) >= 11 is 0. The summed E-state index contributed by atoms with van der Waals surface area (Å²) < 4.78 is 37.9. The number of methoxy groups -OCH3 is 2. The molecule has 1 atom stereocenters. The predicted octanol–water partition coefficient (Wildman–Crippen LogP) is 0.925. The van der Waals surface area contributed by atoms with Crippen LogP contribution in [0.5, 0.6) is 11.5 Å². The molecule has 8 nitrogen and oxygen atoms in total. The van der Waals surface area contributed by atoms with Gasteiger partial charge in [-0.15, -0.1) is 0 Å². The number of hydrogen-bond acceptors (Lipinski definition) is 6. The van der Waals surface area contributed by atoms with Gasteiger partial charge in [0.05, 0.1) is 20.8 Å². The molecule has 0 spiro atoms. The first-order chi connectivity index (χ1) is 12.8. The first kappa shape index (κ1) is 21.5. The molecular weight excluding hydrogens is 370 g/mol. The van der Waals surface area contributed by atoms with Crippen LogP contribution in [0.1, 0.15) is 20.3 Å². The summed E-state index contributed by atoms with van der Waals surface area (Å²) in [6, 6.07) is 4.85. The Kier molecular flexibility index (Phi) is 7.46. The van der Waals surface area contributed by atoms with Gasteiger partial charge in [-0.1, -0.05) is 6.92 Å². The number of hydrogen-bond donors (Lipinski definition) is 1. The third-order valence-corrected chi connectivity index (χ3v) is 6.63. The van der Waals surface area contributed by atoms with E-state index < -0.39 is 10.0 Å². The van der Waals surface area contributed by atoms with Crippen molar-refractivity contribution in [3.63, 3.8) is 0 Å². The summed E-state index contributed by atoms with van der Waals surface area (Å²) in [4.78, 5) is 14.1. The lowest BCUT2D eigenvalue weighted by Gasteiger charge is -2.34. The maximum absolute atomic E-state index is 13.0. The molecule has 0 unspecified atom stereocenters. The third-order valence-electron chi connectivity index (χ3n) is 4.71. The fraction of sp³-hybridized carbons (Fsp3) is 0.611. The fourth-order valence-corrected chi connectivity index (χ4v) is 4.47. The number of benzene rings is 1. The molecule has 1 N–H and O–H groups in total. The van der Waals surface area contributed by atoms with E-state index in [4.69, 9.17) is 9.47 Å². The number of ether oxygens (including phenoxy) is 2. The normalized spacial score (nSPS) is 17.3. The van der Waals surface area contributed by atoms with Gasteiger partial charge in [-0.25, -0.2) is 8.42 Å². The summed E-state index contributed by atoms with van der Waals surface area (Å²) in [6.07, 6.45) is 0.875. The quantitative estimate of drug-likeness (QED) is 0.700. The topological polar surface area (TPSA) is 88.2 Å². The van der Waals surface area contributed by atoms with Crippen molar-refractivity contribution in [2.75, 3.05) is 46.9 Å². The number of nitrogens with one attached hydrogen (secondary N) is 1. The second-order valence-corrected chi connectivity index (χ2v) is 8.48. The fourth-order valence-electron chi connectivity index (χ4n) is 2.88. The molecule has 9 heteroatoms. The maximum Gasteiger partial charge on any atom is 0.246 e. The van der Waals surface area contributed by atoms with E-state index in [2.05, 4.69) is 5.32 Å². The van der Waals surface area contributed by atoms with E-state index in [1.165, 1.54) is 24.6 Å². The zero-order chi connectivity index (χ0) is 20.0. The number of carbonyl (C=O) groups excluding carboxylic acids is 1. The molecule has 1 aromatic carbocycles. The van der Waals surface area contributed by atoms with Crippen LogP contribution in [0.25, 0.3) is 0 Å². The van der Waals surface area contributed by atoms with Crippen LogP contribution in [0, 0.1) is 0 Å². The van der Waals surface area contributed by atoms with Crippen LogP contribution in [-0.2, 0) is 14.8 Å². The first-order valence-electron chi connectivity index (χ1n) is 9.05. The van der Waals surface area contributed by atoms with E-state index in [1.807, 2.05) is 18.7 Å². The molecule has 2 rings (SSSR count). The molecule has 1 aliphatic heterocycles. The van der Waals surface area contributed by atoms with E-state index in [0.717, 1.165) is 6.42 Å². The van der Waals surface area contributed by atoms with Crippen molar-refractivity contribution >= 4 is 15.9 Å². The smallest absolute Gasteiger partial charge is 0.246 e. The minimum absolute atomic E-state index is 0.0323. The predicted molar refractivity (Wildman–Crippen MR) is 103 cm³/mol. The molecular formula is C18H29N3O5S. The van der Waals surface area contributed by atoms with Crippen molar-refractivity contribution in [2.45, 2.75) is 31.2 Å². The Morgan fingerprint density at radius 1 is 1.19 bits per heavy atom. The summed E-state index contributed by atoms with van der Waals surface area (Å²) in [5, 5.41) is 2.93.